The van der Waals surface area contributed by atoms with E-state index in [1.54, 1.807) is 24.0 Å². The van der Waals surface area contributed by atoms with Crippen molar-refractivity contribution in [3.63, 3.8) is 0 Å². The van der Waals surface area contributed by atoms with Gasteiger partial charge in [0.05, 0.1) is 11.2 Å². The molecule has 0 saturated heterocycles. The van der Waals surface area contributed by atoms with Crippen LogP contribution in [0.3, 0.4) is 0 Å². The summed E-state index contributed by atoms with van der Waals surface area (Å²) in [5, 5.41) is 3.93. The number of hydrogen-bond acceptors (Lipinski definition) is 4. The van der Waals surface area contributed by atoms with Gasteiger partial charge in [0.15, 0.2) is 5.82 Å². The SMILES string of the molecule is CSC(C)(C)CNc1c(F)cc(N)c2cccnc12. The van der Waals surface area contributed by atoms with E-state index in [4.69, 9.17) is 5.73 Å². The van der Waals surface area contributed by atoms with Crippen molar-refractivity contribution in [1.29, 1.82) is 0 Å². The van der Waals surface area contributed by atoms with Crippen molar-refractivity contribution < 1.29 is 4.39 Å². The molecule has 1 aromatic heterocycles. The average Bonchev–Trinajstić information content (AvgIpc) is 2.38. The molecule has 1 heterocycles. The Hall–Kier alpha value is -1.49. The lowest BCUT2D eigenvalue weighted by atomic mass is 10.1. The molecule has 0 unspecified atom stereocenters. The highest BCUT2D eigenvalue weighted by molar-refractivity contribution is 7.99. The van der Waals surface area contributed by atoms with E-state index < -0.39 is 0 Å². The summed E-state index contributed by atoms with van der Waals surface area (Å²) < 4.78 is 14.1. The van der Waals surface area contributed by atoms with E-state index in [1.165, 1.54) is 6.07 Å². The third-order valence-electron chi connectivity index (χ3n) is 3.12. The standard InChI is InChI=1S/C14H18FN3S/c1-14(2,19-3)8-18-13-10(15)7-11(16)9-5-4-6-17-12(9)13/h4-7,18H,8,16H2,1-3H3. The fourth-order valence-corrected chi connectivity index (χ4v) is 2.00. The lowest BCUT2D eigenvalue weighted by Gasteiger charge is -2.23. The van der Waals surface area contributed by atoms with Crippen LogP contribution in [0.4, 0.5) is 15.8 Å². The van der Waals surface area contributed by atoms with Crippen molar-refractivity contribution in [3.05, 3.63) is 30.2 Å². The third kappa shape index (κ3) is 2.92. The van der Waals surface area contributed by atoms with E-state index in [-0.39, 0.29) is 10.6 Å². The van der Waals surface area contributed by atoms with Crippen LogP contribution in [0.15, 0.2) is 24.4 Å². The Labute approximate surface area is 116 Å². The summed E-state index contributed by atoms with van der Waals surface area (Å²) >= 11 is 1.73. The number of nitrogen functional groups attached to an aromatic ring is 1. The number of hydrogen-bond donors (Lipinski definition) is 2. The number of benzene rings is 1. The van der Waals surface area contributed by atoms with Gasteiger partial charge in [0.25, 0.3) is 0 Å². The maximum Gasteiger partial charge on any atom is 0.150 e. The number of nitrogens with one attached hydrogen (secondary N) is 1. The minimum Gasteiger partial charge on any atom is -0.398 e. The average molecular weight is 279 g/mol. The van der Waals surface area contributed by atoms with Gasteiger partial charge in [-0.3, -0.25) is 4.98 Å². The van der Waals surface area contributed by atoms with Gasteiger partial charge in [-0.1, -0.05) is 0 Å². The number of aromatic nitrogens is 1. The normalized spacial score (nSPS) is 11.8. The lowest BCUT2D eigenvalue weighted by molar-refractivity contribution is 0.629. The van der Waals surface area contributed by atoms with Crippen LogP contribution in [0.25, 0.3) is 10.9 Å². The Balaban J connectivity index is 2.43. The van der Waals surface area contributed by atoms with Gasteiger partial charge >= 0.3 is 0 Å². The highest BCUT2D eigenvalue weighted by Crippen LogP contribution is 2.31. The number of halogens is 1. The Morgan fingerprint density at radius 2 is 2.21 bits per heavy atom. The second kappa shape index (κ2) is 5.25. The molecule has 0 saturated carbocycles. The van der Waals surface area contributed by atoms with E-state index in [1.807, 2.05) is 12.3 Å². The number of pyridine rings is 1. The van der Waals surface area contributed by atoms with Crippen molar-refractivity contribution >= 4 is 34.0 Å². The van der Waals surface area contributed by atoms with Crippen molar-refractivity contribution in [2.45, 2.75) is 18.6 Å². The molecule has 102 valence electrons. The fourth-order valence-electron chi connectivity index (χ4n) is 1.78. The zero-order valence-electron chi connectivity index (χ0n) is 11.3. The molecular weight excluding hydrogens is 261 g/mol. The van der Waals surface area contributed by atoms with E-state index >= 15 is 0 Å². The summed E-state index contributed by atoms with van der Waals surface area (Å²) in [4.78, 5) is 4.24. The van der Waals surface area contributed by atoms with Crippen LogP contribution >= 0.6 is 11.8 Å². The minimum absolute atomic E-state index is 0.0227. The number of anilines is 2. The van der Waals surface area contributed by atoms with Gasteiger partial charge in [-0.15, -0.1) is 0 Å². The van der Waals surface area contributed by atoms with Crippen LogP contribution in [0.2, 0.25) is 0 Å². The summed E-state index contributed by atoms with van der Waals surface area (Å²) in [5.74, 6) is -0.361. The first-order valence-corrected chi connectivity index (χ1v) is 7.29. The fraction of sp³-hybridized carbons (Fsp3) is 0.357. The molecule has 3 N–H and O–H groups in total. The van der Waals surface area contributed by atoms with Gasteiger partial charge in [-0.2, -0.15) is 11.8 Å². The Morgan fingerprint density at radius 1 is 1.47 bits per heavy atom. The van der Waals surface area contributed by atoms with Crippen molar-refractivity contribution in [2.75, 3.05) is 23.9 Å². The third-order valence-corrected chi connectivity index (χ3v) is 4.37. The van der Waals surface area contributed by atoms with Crippen LogP contribution in [0, 0.1) is 5.82 Å². The Bertz CT molecular complexity index is 599. The first-order chi connectivity index (χ1) is 8.94. The largest absolute Gasteiger partial charge is 0.398 e. The second-order valence-corrected chi connectivity index (χ2v) is 6.55. The molecule has 2 aromatic rings. The van der Waals surface area contributed by atoms with Gasteiger partial charge < -0.3 is 11.1 Å². The summed E-state index contributed by atoms with van der Waals surface area (Å²) in [6.07, 6.45) is 3.68. The number of thioether (sulfide) groups is 1. The van der Waals surface area contributed by atoms with Crippen LogP contribution in [-0.4, -0.2) is 22.5 Å². The van der Waals surface area contributed by atoms with E-state index in [0.717, 1.165) is 5.39 Å². The first kappa shape index (κ1) is 13.9. The van der Waals surface area contributed by atoms with Crippen molar-refractivity contribution in [3.8, 4) is 0 Å². The molecule has 0 radical (unpaired) electrons. The molecule has 1 aromatic carbocycles. The Kier molecular flexibility index (Phi) is 3.85. The van der Waals surface area contributed by atoms with E-state index in [0.29, 0.717) is 23.4 Å². The molecular formula is C14H18FN3S. The van der Waals surface area contributed by atoms with Gasteiger partial charge in [0.1, 0.15) is 0 Å². The predicted octanol–water partition coefficient (Wildman–Crippen LogP) is 3.51. The molecule has 3 nitrogen and oxygen atoms in total. The van der Waals surface area contributed by atoms with Crippen LogP contribution in [0.1, 0.15) is 13.8 Å². The molecule has 0 aliphatic heterocycles. The molecule has 0 aliphatic rings. The van der Waals surface area contributed by atoms with Crippen molar-refractivity contribution in [2.24, 2.45) is 0 Å². The van der Waals surface area contributed by atoms with Crippen molar-refractivity contribution in [1.82, 2.24) is 4.98 Å². The van der Waals surface area contributed by atoms with Gasteiger partial charge in [0.2, 0.25) is 0 Å². The summed E-state index contributed by atoms with van der Waals surface area (Å²) in [6, 6.07) is 4.99. The predicted molar refractivity (Wildman–Crippen MR) is 82.2 cm³/mol. The molecule has 19 heavy (non-hydrogen) atoms. The molecule has 0 fully saturated rings. The molecule has 2 rings (SSSR count). The Morgan fingerprint density at radius 3 is 2.89 bits per heavy atom. The summed E-state index contributed by atoms with van der Waals surface area (Å²) in [5.41, 5.74) is 7.24. The number of fused-ring (bicyclic) bond motifs is 1. The number of nitrogens with zero attached hydrogens (tertiary/aromatic N) is 1. The number of nitrogens with two attached hydrogens (primary N) is 1. The van der Waals surface area contributed by atoms with Crippen LogP contribution < -0.4 is 11.1 Å². The molecule has 0 bridgehead atoms. The minimum atomic E-state index is -0.361. The van der Waals surface area contributed by atoms with Gasteiger partial charge in [0, 0.05) is 28.6 Å². The first-order valence-electron chi connectivity index (χ1n) is 6.06. The van der Waals surface area contributed by atoms with Crippen LogP contribution in [-0.2, 0) is 0 Å². The quantitative estimate of drug-likeness (QED) is 0.841. The number of rotatable bonds is 4. The lowest BCUT2D eigenvalue weighted by Crippen LogP contribution is -2.26. The smallest absolute Gasteiger partial charge is 0.150 e. The highest BCUT2D eigenvalue weighted by atomic mass is 32.2. The topological polar surface area (TPSA) is 50.9 Å². The maximum absolute atomic E-state index is 14.1. The molecule has 0 atom stereocenters. The molecule has 0 amide bonds. The van der Waals surface area contributed by atoms with E-state index in [2.05, 4.69) is 24.1 Å². The van der Waals surface area contributed by atoms with Gasteiger partial charge in [-0.05, 0) is 38.3 Å². The van der Waals surface area contributed by atoms with E-state index in [9.17, 15) is 4.39 Å². The van der Waals surface area contributed by atoms with Gasteiger partial charge in [-0.25, -0.2) is 4.39 Å². The molecule has 0 spiro atoms. The monoisotopic (exact) mass is 279 g/mol. The van der Waals surface area contributed by atoms with Crippen LogP contribution in [0.5, 0.6) is 0 Å². The summed E-state index contributed by atoms with van der Waals surface area (Å²) in [6.45, 7) is 4.87. The zero-order chi connectivity index (χ0) is 14.0. The maximum atomic E-state index is 14.1. The molecule has 5 heteroatoms. The second-order valence-electron chi connectivity index (χ2n) is 5.04. The zero-order valence-corrected chi connectivity index (χ0v) is 12.1. The molecule has 0 aliphatic carbocycles. The highest BCUT2D eigenvalue weighted by Gasteiger charge is 2.18. The summed E-state index contributed by atoms with van der Waals surface area (Å²) in [7, 11) is 0.